The lowest BCUT2D eigenvalue weighted by Gasteiger charge is -2.47. The lowest BCUT2D eigenvalue weighted by Crippen LogP contribution is -2.59. The highest BCUT2D eigenvalue weighted by molar-refractivity contribution is 5.73. The number of carbonyl (C=O) groups is 1. The molecule has 3 fully saturated rings. The van der Waals surface area contributed by atoms with Crippen molar-refractivity contribution in [2.24, 2.45) is 17.8 Å². The maximum Gasteiger partial charge on any atom is 0.311 e. The normalized spacial score (nSPS) is 51.8. The zero-order valence-corrected chi connectivity index (χ0v) is 24.8. The van der Waals surface area contributed by atoms with Crippen LogP contribution in [0.1, 0.15) is 74.7 Å². The molecule has 2 N–H and O–H groups in total. The molecule has 38 heavy (non-hydrogen) atoms. The first-order valence-corrected chi connectivity index (χ1v) is 14.2. The number of carbonyl (C=O) groups excluding carboxylic acids is 1. The van der Waals surface area contributed by atoms with Crippen LogP contribution in [0.3, 0.4) is 0 Å². The van der Waals surface area contributed by atoms with Gasteiger partial charge in [-0.3, -0.25) is 4.79 Å². The maximum absolute atomic E-state index is 13.3. The molecule has 4 rings (SSSR count). The van der Waals surface area contributed by atoms with Crippen molar-refractivity contribution in [3.8, 4) is 0 Å². The second kappa shape index (κ2) is 10.4. The first kappa shape index (κ1) is 29.9. The number of ether oxygens (including phenoxy) is 5. The Morgan fingerprint density at radius 2 is 1.76 bits per heavy atom. The fourth-order valence-electron chi connectivity index (χ4n) is 7.37. The lowest BCUT2D eigenvalue weighted by atomic mass is 9.78. The van der Waals surface area contributed by atoms with Crippen LogP contribution in [0.15, 0.2) is 11.6 Å². The van der Waals surface area contributed by atoms with Gasteiger partial charge in [-0.1, -0.05) is 20.8 Å². The molecule has 1 spiro atoms. The van der Waals surface area contributed by atoms with E-state index in [0.717, 1.165) is 5.57 Å². The van der Waals surface area contributed by atoms with Crippen molar-refractivity contribution >= 4 is 5.97 Å². The van der Waals surface area contributed by atoms with E-state index in [1.807, 2.05) is 66.6 Å². The topological polar surface area (TPSA) is 107 Å². The number of esters is 1. The van der Waals surface area contributed by atoms with Crippen LogP contribution in [0.25, 0.3) is 0 Å². The van der Waals surface area contributed by atoms with Gasteiger partial charge in [0.25, 0.3) is 0 Å². The smallest absolute Gasteiger partial charge is 0.311 e. The van der Waals surface area contributed by atoms with E-state index in [2.05, 4.69) is 6.92 Å². The van der Waals surface area contributed by atoms with Crippen molar-refractivity contribution in [3.05, 3.63) is 11.6 Å². The van der Waals surface area contributed by atoms with Crippen LogP contribution < -0.4 is 0 Å². The van der Waals surface area contributed by atoms with Crippen LogP contribution in [-0.2, 0) is 28.5 Å². The summed E-state index contributed by atoms with van der Waals surface area (Å²) >= 11 is 0. The van der Waals surface area contributed by atoms with E-state index >= 15 is 0 Å². The van der Waals surface area contributed by atoms with E-state index in [0.29, 0.717) is 19.3 Å². The zero-order valence-electron chi connectivity index (χ0n) is 24.8. The Hall–Kier alpha value is -1.07. The highest BCUT2D eigenvalue weighted by Crippen LogP contribution is 2.56. The number of fused-ring (bicyclic) bond motifs is 2. The van der Waals surface area contributed by atoms with Crippen molar-refractivity contribution < 1.29 is 38.7 Å². The minimum absolute atomic E-state index is 0.0435. The molecule has 0 radical (unpaired) electrons. The number of hydrogen-bond donors (Lipinski definition) is 2. The average Bonchev–Trinajstić information content (AvgIpc) is 3.25. The molecule has 4 aliphatic heterocycles. The molecule has 4 aliphatic rings. The Kier molecular flexibility index (Phi) is 8.18. The summed E-state index contributed by atoms with van der Waals surface area (Å²) in [7, 11) is 3.86. The molecule has 0 aromatic heterocycles. The number of nitrogens with zero attached hydrogens (tertiary/aromatic N) is 1. The molecule has 9 nitrogen and oxygen atoms in total. The number of cyclic esters (lactones) is 1. The number of rotatable bonds is 4. The lowest BCUT2D eigenvalue weighted by molar-refractivity contribution is -0.327. The van der Waals surface area contributed by atoms with Gasteiger partial charge in [0, 0.05) is 17.9 Å². The van der Waals surface area contributed by atoms with Gasteiger partial charge in [-0.15, -0.1) is 0 Å². The Morgan fingerprint density at radius 3 is 2.37 bits per heavy atom. The Labute approximate surface area is 227 Å². The van der Waals surface area contributed by atoms with Crippen molar-refractivity contribution in [1.29, 1.82) is 0 Å². The fraction of sp³-hybridized carbons (Fsp3) is 0.897. The Morgan fingerprint density at radius 1 is 1.11 bits per heavy atom. The quantitative estimate of drug-likeness (QED) is 0.412. The molecule has 0 aromatic rings. The summed E-state index contributed by atoms with van der Waals surface area (Å²) in [5, 5.41) is 22.7. The fourth-order valence-corrected chi connectivity index (χ4v) is 7.37. The largest absolute Gasteiger partial charge is 0.459 e. The van der Waals surface area contributed by atoms with E-state index in [1.165, 1.54) is 0 Å². The van der Waals surface area contributed by atoms with Gasteiger partial charge < -0.3 is 38.8 Å². The summed E-state index contributed by atoms with van der Waals surface area (Å²) in [6.45, 7) is 15.5. The maximum atomic E-state index is 13.3. The van der Waals surface area contributed by atoms with Gasteiger partial charge in [-0.25, -0.2) is 0 Å². The molecule has 0 aliphatic carbocycles. The van der Waals surface area contributed by atoms with Gasteiger partial charge in [0.1, 0.15) is 17.8 Å². The monoisotopic (exact) mass is 539 g/mol. The van der Waals surface area contributed by atoms with Gasteiger partial charge in [-0.2, -0.15) is 0 Å². The van der Waals surface area contributed by atoms with Gasteiger partial charge in [0.2, 0.25) is 0 Å². The summed E-state index contributed by atoms with van der Waals surface area (Å²) in [5.74, 6) is -2.90. The number of likely N-dealkylation sites (N-methyl/N-ethyl adjacent to an activating group) is 1. The number of hydrogen-bond acceptors (Lipinski definition) is 9. The van der Waals surface area contributed by atoms with Crippen LogP contribution in [0, 0.1) is 17.8 Å². The predicted octanol–water partition coefficient (Wildman–Crippen LogP) is 3.01. The third-order valence-electron chi connectivity index (χ3n) is 9.50. The van der Waals surface area contributed by atoms with Crippen LogP contribution in [0.2, 0.25) is 0 Å². The molecule has 13 atom stereocenters. The molecule has 0 saturated carbocycles. The van der Waals surface area contributed by atoms with Crippen LogP contribution >= 0.6 is 0 Å². The number of aliphatic hydroxyl groups is 2. The van der Waals surface area contributed by atoms with E-state index < -0.39 is 65.5 Å². The van der Waals surface area contributed by atoms with Crippen molar-refractivity contribution in [2.45, 2.75) is 134 Å². The number of aliphatic hydroxyl groups excluding tert-OH is 2. The highest BCUT2D eigenvalue weighted by Gasteiger charge is 2.64. The van der Waals surface area contributed by atoms with Crippen molar-refractivity contribution in [2.75, 3.05) is 14.1 Å². The summed E-state index contributed by atoms with van der Waals surface area (Å²) in [5.41, 5.74) is -0.848. The van der Waals surface area contributed by atoms with Crippen molar-refractivity contribution in [1.82, 2.24) is 4.90 Å². The van der Waals surface area contributed by atoms with E-state index in [1.54, 1.807) is 6.92 Å². The summed E-state index contributed by atoms with van der Waals surface area (Å²) in [4.78, 5) is 15.3. The van der Waals surface area contributed by atoms with E-state index in [9.17, 15) is 15.0 Å². The molecule has 0 amide bonds. The highest BCUT2D eigenvalue weighted by atomic mass is 16.8. The third kappa shape index (κ3) is 4.86. The molecule has 0 aromatic carbocycles. The molecule has 3 bridgehead atoms. The van der Waals surface area contributed by atoms with Crippen LogP contribution in [0.5, 0.6) is 0 Å². The molecule has 3 saturated heterocycles. The minimum atomic E-state index is -1.07. The zero-order chi connectivity index (χ0) is 28.4. The summed E-state index contributed by atoms with van der Waals surface area (Å²) in [6.07, 6.45) is -0.437. The van der Waals surface area contributed by atoms with E-state index in [4.69, 9.17) is 23.7 Å². The van der Waals surface area contributed by atoms with Crippen LogP contribution in [-0.4, -0.2) is 95.0 Å². The average molecular weight is 540 g/mol. The standard InChI is InChI=1S/C29H49NO8/c1-11-21-27(7)13-15(2)29(37-27)16(3)14-28(8,38-29)24(18(5)22(31)19(6)25(33)35-21)36-26-23(32)20(30(9)10)12-17(4)34-26/h13,16-24,26,31-32H,11-12,14H2,1-10H3/t16-,17-,18+,19-,20+,21-,22+,23-,24-,26+,27?,28?,29?/m1/s1. The van der Waals surface area contributed by atoms with Crippen molar-refractivity contribution in [3.63, 3.8) is 0 Å². The SMILES string of the molecule is CC[C@H]1OC(=O)[C@H](C)[C@@H](O)[C@H](C)[C@@H](O[C@@H]2O[C@H](C)C[C@H](N(C)C)[C@H]2O)C2(C)C[C@@H](C)C3(OC1(C)C=C3C)O2. The molecular weight excluding hydrogens is 490 g/mol. The first-order chi connectivity index (χ1) is 17.6. The molecule has 3 unspecified atom stereocenters. The first-order valence-electron chi connectivity index (χ1n) is 14.2. The van der Waals surface area contributed by atoms with Gasteiger partial charge in [0.15, 0.2) is 12.1 Å². The minimum Gasteiger partial charge on any atom is -0.459 e. The second-order valence-corrected chi connectivity index (χ2v) is 12.9. The van der Waals surface area contributed by atoms with Gasteiger partial charge in [0.05, 0.1) is 29.8 Å². The predicted molar refractivity (Wildman–Crippen MR) is 141 cm³/mol. The molecule has 218 valence electrons. The Bertz CT molecular complexity index is 926. The second-order valence-electron chi connectivity index (χ2n) is 12.9. The van der Waals surface area contributed by atoms with Gasteiger partial charge >= 0.3 is 5.97 Å². The Balaban J connectivity index is 1.77. The van der Waals surface area contributed by atoms with Crippen LogP contribution in [0.4, 0.5) is 0 Å². The molecule has 4 heterocycles. The molecule has 9 heteroatoms. The third-order valence-corrected chi connectivity index (χ3v) is 9.50. The van der Waals surface area contributed by atoms with E-state index in [-0.39, 0.29) is 18.1 Å². The molecular formula is C29H49NO8. The summed E-state index contributed by atoms with van der Waals surface area (Å²) in [6, 6.07) is -0.151. The summed E-state index contributed by atoms with van der Waals surface area (Å²) < 4.78 is 32.4. The van der Waals surface area contributed by atoms with Gasteiger partial charge in [-0.05, 0) is 79.6 Å².